The van der Waals surface area contributed by atoms with E-state index in [1.165, 1.54) is 12.1 Å². The van der Waals surface area contributed by atoms with Crippen LogP contribution in [0.1, 0.15) is 44.9 Å². The van der Waals surface area contributed by atoms with E-state index in [0.717, 1.165) is 11.1 Å². The van der Waals surface area contributed by atoms with E-state index >= 15 is 0 Å². The molecule has 2 aromatic carbocycles. The molecule has 0 saturated carbocycles. The Kier molecular flexibility index (Phi) is 5.77. The smallest absolute Gasteiger partial charge is 0.408 e. The number of alkyl carbamates (subject to hydrolysis) is 1. The summed E-state index contributed by atoms with van der Waals surface area (Å²) in [6.07, 6.45) is -0.803. The van der Waals surface area contributed by atoms with Crippen molar-refractivity contribution in [3.8, 4) is 5.75 Å². The van der Waals surface area contributed by atoms with Gasteiger partial charge in [0.15, 0.2) is 6.10 Å². The van der Waals surface area contributed by atoms with Gasteiger partial charge in [-0.05, 0) is 69.5 Å². The molecule has 0 spiro atoms. The Bertz CT molecular complexity index is 923. The summed E-state index contributed by atoms with van der Waals surface area (Å²) in [6, 6.07) is 11.0. The summed E-state index contributed by atoms with van der Waals surface area (Å²) in [5, 5.41) is 5.65. The molecule has 0 aliphatic carbocycles. The van der Waals surface area contributed by atoms with Crippen LogP contribution >= 0.6 is 0 Å². The standard InChI is InChI=1S/C22H25FN2O4/c1-13-20(26)24-18-12-15(8-9-19(18)28-13)17(25-21(27)29-22(2,3)4)11-14-6-5-7-16(23)10-14/h5-10,12-13,17H,11H2,1-4H3,(H,24,26)(H,25,27). The average molecular weight is 400 g/mol. The van der Waals surface area contributed by atoms with Crippen molar-refractivity contribution in [2.75, 3.05) is 5.32 Å². The number of anilines is 1. The number of halogens is 1. The zero-order valence-corrected chi connectivity index (χ0v) is 16.9. The second-order valence-electron chi connectivity index (χ2n) is 8.04. The fourth-order valence-electron chi connectivity index (χ4n) is 3.04. The Morgan fingerprint density at radius 2 is 2.03 bits per heavy atom. The Labute approximate surface area is 169 Å². The maximum atomic E-state index is 13.6. The Morgan fingerprint density at radius 1 is 1.28 bits per heavy atom. The third kappa shape index (κ3) is 5.47. The van der Waals surface area contributed by atoms with Gasteiger partial charge in [0, 0.05) is 0 Å². The van der Waals surface area contributed by atoms with Gasteiger partial charge in [-0.3, -0.25) is 4.79 Å². The first-order chi connectivity index (χ1) is 13.6. The van der Waals surface area contributed by atoms with Crippen molar-refractivity contribution in [2.24, 2.45) is 0 Å². The number of carbonyl (C=O) groups excluding carboxylic acids is 2. The molecule has 1 heterocycles. The zero-order chi connectivity index (χ0) is 21.2. The van der Waals surface area contributed by atoms with E-state index < -0.39 is 23.8 Å². The van der Waals surface area contributed by atoms with Gasteiger partial charge in [-0.2, -0.15) is 0 Å². The van der Waals surface area contributed by atoms with Crippen molar-refractivity contribution in [1.29, 1.82) is 0 Å². The number of rotatable bonds is 4. The molecule has 2 atom stereocenters. The molecule has 1 aliphatic heterocycles. The van der Waals surface area contributed by atoms with Gasteiger partial charge in [0.25, 0.3) is 5.91 Å². The highest BCUT2D eigenvalue weighted by Gasteiger charge is 2.26. The van der Waals surface area contributed by atoms with Crippen molar-refractivity contribution >= 4 is 17.7 Å². The third-order valence-corrected chi connectivity index (χ3v) is 4.36. The number of benzene rings is 2. The second-order valence-corrected chi connectivity index (χ2v) is 8.04. The van der Waals surface area contributed by atoms with E-state index in [4.69, 9.17) is 9.47 Å². The van der Waals surface area contributed by atoms with Crippen molar-refractivity contribution in [3.63, 3.8) is 0 Å². The maximum Gasteiger partial charge on any atom is 0.408 e. The molecule has 29 heavy (non-hydrogen) atoms. The van der Waals surface area contributed by atoms with E-state index in [0.29, 0.717) is 17.9 Å². The normalized spacial score (nSPS) is 16.9. The van der Waals surface area contributed by atoms with Gasteiger partial charge in [-0.1, -0.05) is 18.2 Å². The first-order valence-corrected chi connectivity index (χ1v) is 9.46. The molecule has 154 valence electrons. The second kappa shape index (κ2) is 8.11. The lowest BCUT2D eigenvalue weighted by molar-refractivity contribution is -0.122. The fourth-order valence-corrected chi connectivity index (χ4v) is 3.04. The quantitative estimate of drug-likeness (QED) is 0.800. The monoisotopic (exact) mass is 400 g/mol. The largest absolute Gasteiger partial charge is 0.479 e. The lowest BCUT2D eigenvalue weighted by atomic mass is 9.97. The summed E-state index contributed by atoms with van der Waals surface area (Å²) in [6.45, 7) is 7.01. The minimum atomic E-state index is -0.651. The minimum absolute atomic E-state index is 0.239. The Balaban J connectivity index is 1.89. The predicted octanol–water partition coefficient (Wildman–Crippen LogP) is 4.35. The van der Waals surface area contributed by atoms with Crippen molar-refractivity contribution in [2.45, 2.75) is 51.9 Å². The van der Waals surface area contributed by atoms with Gasteiger partial charge < -0.3 is 20.1 Å². The summed E-state index contributed by atoms with van der Waals surface area (Å²) in [7, 11) is 0. The van der Waals surface area contributed by atoms with Crippen LogP contribution in [0.25, 0.3) is 0 Å². The number of amides is 2. The summed E-state index contributed by atoms with van der Waals surface area (Å²) in [5.74, 6) is -0.0299. The van der Waals surface area contributed by atoms with Crippen LogP contribution < -0.4 is 15.4 Å². The van der Waals surface area contributed by atoms with Crippen molar-refractivity contribution in [3.05, 3.63) is 59.4 Å². The van der Waals surface area contributed by atoms with Gasteiger partial charge in [-0.15, -0.1) is 0 Å². The summed E-state index contributed by atoms with van der Waals surface area (Å²) < 4.78 is 24.6. The molecular weight excluding hydrogens is 375 g/mol. The van der Waals surface area contributed by atoms with Crippen LogP contribution in [0.2, 0.25) is 0 Å². The first-order valence-electron chi connectivity index (χ1n) is 9.46. The molecule has 2 amide bonds. The first kappa shape index (κ1) is 20.6. The number of fused-ring (bicyclic) bond motifs is 1. The fraction of sp³-hybridized carbons (Fsp3) is 0.364. The average Bonchev–Trinajstić information content (AvgIpc) is 2.60. The molecule has 0 fully saturated rings. The molecule has 2 N–H and O–H groups in total. The summed E-state index contributed by atoms with van der Waals surface area (Å²) in [5.41, 5.74) is 1.33. The van der Waals surface area contributed by atoms with E-state index in [2.05, 4.69) is 10.6 Å². The molecule has 1 aliphatic rings. The number of nitrogens with one attached hydrogen (secondary N) is 2. The number of ether oxygens (including phenoxy) is 2. The Morgan fingerprint density at radius 3 is 2.72 bits per heavy atom. The highest BCUT2D eigenvalue weighted by atomic mass is 19.1. The van der Waals surface area contributed by atoms with Gasteiger partial charge in [-0.25, -0.2) is 9.18 Å². The van der Waals surface area contributed by atoms with Crippen LogP contribution in [0.5, 0.6) is 5.75 Å². The van der Waals surface area contributed by atoms with Crippen LogP contribution in [-0.2, 0) is 16.0 Å². The highest BCUT2D eigenvalue weighted by Crippen LogP contribution is 2.33. The van der Waals surface area contributed by atoms with Crippen LogP contribution in [0.4, 0.5) is 14.9 Å². The van der Waals surface area contributed by atoms with Crippen LogP contribution in [-0.4, -0.2) is 23.7 Å². The molecule has 6 nitrogen and oxygen atoms in total. The third-order valence-electron chi connectivity index (χ3n) is 4.36. The molecule has 2 unspecified atom stereocenters. The molecular formula is C22H25FN2O4. The van der Waals surface area contributed by atoms with Crippen LogP contribution in [0.3, 0.4) is 0 Å². The molecule has 0 aromatic heterocycles. The van der Waals surface area contributed by atoms with Crippen LogP contribution in [0.15, 0.2) is 42.5 Å². The molecule has 7 heteroatoms. The van der Waals surface area contributed by atoms with E-state index in [1.807, 2.05) is 6.07 Å². The Hall–Kier alpha value is -3.09. The maximum absolute atomic E-state index is 13.6. The summed E-state index contributed by atoms with van der Waals surface area (Å²) in [4.78, 5) is 24.3. The molecule has 0 bridgehead atoms. The van der Waals surface area contributed by atoms with Crippen molar-refractivity contribution in [1.82, 2.24) is 5.32 Å². The highest BCUT2D eigenvalue weighted by molar-refractivity contribution is 5.97. The van der Waals surface area contributed by atoms with Crippen molar-refractivity contribution < 1.29 is 23.5 Å². The van der Waals surface area contributed by atoms with E-state index in [-0.39, 0.29) is 11.7 Å². The lowest BCUT2D eigenvalue weighted by Gasteiger charge is -2.27. The molecule has 0 radical (unpaired) electrons. The predicted molar refractivity (Wildman–Crippen MR) is 107 cm³/mol. The molecule has 3 rings (SSSR count). The number of carbonyl (C=O) groups is 2. The van der Waals surface area contributed by atoms with Gasteiger partial charge in [0.2, 0.25) is 0 Å². The minimum Gasteiger partial charge on any atom is -0.479 e. The number of hydrogen-bond donors (Lipinski definition) is 2. The topological polar surface area (TPSA) is 76.7 Å². The molecule has 2 aromatic rings. The molecule has 0 saturated heterocycles. The SMILES string of the molecule is CC1Oc2ccc(C(Cc3cccc(F)c3)NC(=O)OC(C)(C)C)cc2NC1=O. The van der Waals surface area contributed by atoms with Gasteiger partial charge in [0.1, 0.15) is 17.2 Å². The lowest BCUT2D eigenvalue weighted by Crippen LogP contribution is -2.36. The van der Waals surface area contributed by atoms with E-state index in [1.54, 1.807) is 52.0 Å². The van der Waals surface area contributed by atoms with Gasteiger partial charge >= 0.3 is 6.09 Å². The number of hydrogen-bond acceptors (Lipinski definition) is 4. The zero-order valence-electron chi connectivity index (χ0n) is 16.9. The summed E-state index contributed by atoms with van der Waals surface area (Å²) >= 11 is 0. The van der Waals surface area contributed by atoms with Crippen LogP contribution in [0, 0.1) is 5.82 Å². The van der Waals surface area contributed by atoms with Gasteiger partial charge in [0.05, 0.1) is 11.7 Å². The van der Waals surface area contributed by atoms with E-state index in [9.17, 15) is 14.0 Å².